The van der Waals surface area contributed by atoms with E-state index >= 15 is 0 Å². The number of hydrogen-bond donors (Lipinski definition) is 2. The summed E-state index contributed by atoms with van der Waals surface area (Å²) in [5, 5.41) is 5.29. The van der Waals surface area contributed by atoms with E-state index in [4.69, 9.17) is 4.74 Å². The van der Waals surface area contributed by atoms with Crippen molar-refractivity contribution in [2.45, 2.75) is 24.2 Å². The van der Waals surface area contributed by atoms with Gasteiger partial charge in [0.25, 0.3) is 0 Å². The molecule has 0 aliphatic carbocycles. The number of nitrogens with one attached hydrogen (secondary N) is 2. The number of thioether (sulfide) groups is 1. The Morgan fingerprint density at radius 1 is 1.00 bits per heavy atom. The Morgan fingerprint density at radius 2 is 1.77 bits per heavy atom. The van der Waals surface area contributed by atoms with Crippen LogP contribution in [0.3, 0.4) is 0 Å². The number of anilines is 1. The van der Waals surface area contributed by atoms with Crippen LogP contribution >= 0.6 is 11.8 Å². The minimum Gasteiger partial charge on any atom is -0.489 e. The number of urea groups is 1. The van der Waals surface area contributed by atoms with Gasteiger partial charge in [-0.1, -0.05) is 30.3 Å². The highest BCUT2D eigenvalue weighted by Crippen LogP contribution is 2.32. The van der Waals surface area contributed by atoms with Crippen LogP contribution in [0, 0.1) is 0 Å². The van der Waals surface area contributed by atoms with Gasteiger partial charge in [-0.2, -0.15) is 13.2 Å². The summed E-state index contributed by atoms with van der Waals surface area (Å²) in [6.45, 7) is 0.659. The molecule has 0 aliphatic heterocycles. The maximum Gasteiger partial charge on any atom is 0.398 e. The number of nitrogens with zero attached hydrogens (tertiary/aromatic N) is 1. The molecule has 2 amide bonds. The van der Waals surface area contributed by atoms with Crippen LogP contribution in [0.15, 0.2) is 78.0 Å². The molecule has 3 aromatic rings. The lowest BCUT2D eigenvalue weighted by molar-refractivity contribution is -0.105. The molecule has 5 nitrogen and oxygen atoms in total. The Kier molecular flexibility index (Phi) is 7.77. The third-order valence-electron chi connectivity index (χ3n) is 4.03. The van der Waals surface area contributed by atoms with Crippen molar-refractivity contribution in [1.82, 2.24) is 10.3 Å². The number of para-hydroxylation sites is 1. The molecule has 31 heavy (non-hydrogen) atoms. The molecular weight excluding hydrogens is 427 g/mol. The molecule has 0 unspecified atom stereocenters. The molecule has 0 saturated heterocycles. The highest BCUT2D eigenvalue weighted by atomic mass is 32.2. The number of halogens is 3. The Hall–Kier alpha value is -3.20. The fourth-order valence-electron chi connectivity index (χ4n) is 2.56. The number of rotatable bonds is 8. The normalized spacial score (nSPS) is 11.1. The zero-order chi connectivity index (χ0) is 22.1. The molecule has 2 aromatic carbocycles. The zero-order valence-electron chi connectivity index (χ0n) is 16.4. The largest absolute Gasteiger partial charge is 0.489 e. The number of aromatic nitrogens is 1. The first kappa shape index (κ1) is 22.5. The van der Waals surface area contributed by atoms with Crippen molar-refractivity contribution in [2.75, 3.05) is 11.1 Å². The molecule has 2 N–H and O–H groups in total. The third-order valence-corrected chi connectivity index (χ3v) is 5.17. The number of hydrogen-bond acceptors (Lipinski definition) is 4. The van der Waals surface area contributed by atoms with Crippen molar-refractivity contribution in [3.8, 4) is 5.75 Å². The molecule has 0 fully saturated rings. The van der Waals surface area contributed by atoms with Crippen LogP contribution in [-0.4, -0.2) is 22.9 Å². The van der Waals surface area contributed by atoms with E-state index in [0.29, 0.717) is 34.7 Å². The maximum absolute atomic E-state index is 12.5. The topological polar surface area (TPSA) is 63.2 Å². The van der Waals surface area contributed by atoms with Crippen LogP contribution in [0.1, 0.15) is 11.1 Å². The van der Waals surface area contributed by atoms with Crippen LogP contribution in [0.5, 0.6) is 5.75 Å². The highest BCUT2D eigenvalue weighted by molar-refractivity contribution is 7.99. The number of carbonyl (C=O) groups excluding carboxylic acids is 1. The van der Waals surface area contributed by atoms with Crippen molar-refractivity contribution in [3.63, 3.8) is 0 Å². The summed E-state index contributed by atoms with van der Waals surface area (Å²) >= 11 is 0.630. The lowest BCUT2D eigenvalue weighted by atomic mass is 10.2. The lowest BCUT2D eigenvalue weighted by Gasteiger charge is -2.13. The average Bonchev–Trinajstić information content (AvgIpc) is 2.76. The molecule has 1 aromatic heterocycles. The minimum absolute atomic E-state index is 0.257. The van der Waals surface area contributed by atoms with Gasteiger partial charge in [0.2, 0.25) is 0 Å². The van der Waals surface area contributed by atoms with Crippen molar-refractivity contribution in [2.24, 2.45) is 0 Å². The first-order valence-corrected chi connectivity index (χ1v) is 10.3. The van der Waals surface area contributed by atoms with Gasteiger partial charge in [-0.25, -0.2) is 4.79 Å². The predicted octanol–water partition coefficient (Wildman–Crippen LogP) is 5.64. The Morgan fingerprint density at radius 3 is 2.48 bits per heavy atom. The molecule has 0 saturated carbocycles. The van der Waals surface area contributed by atoms with E-state index in [9.17, 15) is 18.0 Å². The monoisotopic (exact) mass is 447 g/mol. The molecule has 1 heterocycles. The Bertz CT molecular complexity index is 983. The van der Waals surface area contributed by atoms with E-state index in [2.05, 4.69) is 15.6 Å². The van der Waals surface area contributed by atoms with Crippen LogP contribution in [0.4, 0.5) is 23.7 Å². The number of alkyl halides is 3. The van der Waals surface area contributed by atoms with Crippen LogP contribution < -0.4 is 15.4 Å². The van der Waals surface area contributed by atoms with Crippen LogP contribution in [0.25, 0.3) is 0 Å². The molecule has 3 rings (SSSR count). The second-order valence-corrected chi connectivity index (χ2v) is 7.52. The number of pyridine rings is 1. The van der Waals surface area contributed by atoms with E-state index in [-0.39, 0.29) is 6.54 Å². The third kappa shape index (κ3) is 7.86. The number of carbonyl (C=O) groups is 1. The van der Waals surface area contributed by atoms with Crippen molar-refractivity contribution >= 4 is 23.5 Å². The highest BCUT2D eigenvalue weighted by Gasteiger charge is 2.27. The standard InChI is InChI=1S/C22H20F3N3O2S/c23-22(24,25)15-31-20-6-2-1-5-19(20)28-21(29)27-13-16-7-9-18(10-8-16)30-14-17-4-3-11-26-12-17/h1-12H,13-15H2,(H2,27,28,29). The SMILES string of the molecule is O=C(NCc1ccc(OCc2cccnc2)cc1)Nc1ccccc1SCC(F)(F)F. The average molecular weight is 447 g/mol. The first-order chi connectivity index (χ1) is 14.9. The fraction of sp³-hybridized carbons (Fsp3) is 0.182. The predicted molar refractivity (Wildman–Crippen MR) is 114 cm³/mol. The first-order valence-electron chi connectivity index (χ1n) is 9.33. The number of ether oxygens (including phenoxy) is 1. The van der Waals surface area contributed by atoms with E-state index in [1.54, 1.807) is 42.7 Å². The molecule has 9 heteroatoms. The fourth-order valence-corrected chi connectivity index (χ4v) is 3.33. The lowest BCUT2D eigenvalue weighted by Crippen LogP contribution is -2.28. The number of benzene rings is 2. The molecule has 0 aliphatic rings. The quantitative estimate of drug-likeness (QED) is 0.439. The Balaban J connectivity index is 1.47. The summed E-state index contributed by atoms with van der Waals surface area (Å²) in [5.41, 5.74) is 2.13. The van der Waals surface area contributed by atoms with E-state index < -0.39 is 18.0 Å². The molecule has 0 radical (unpaired) electrons. The molecule has 0 bridgehead atoms. The van der Waals surface area contributed by atoms with Gasteiger partial charge >= 0.3 is 12.2 Å². The van der Waals surface area contributed by atoms with Gasteiger partial charge in [-0.15, -0.1) is 11.8 Å². The van der Waals surface area contributed by atoms with Gasteiger partial charge in [0, 0.05) is 29.4 Å². The maximum atomic E-state index is 12.5. The van der Waals surface area contributed by atoms with Gasteiger partial charge in [-0.3, -0.25) is 4.98 Å². The molecule has 162 valence electrons. The van der Waals surface area contributed by atoms with Gasteiger partial charge in [0.05, 0.1) is 11.4 Å². The molecule has 0 spiro atoms. The van der Waals surface area contributed by atoms with E-state index in [1.165, 1.54) is 6.07 Å². The van der Waals surface area contributed by atoms with E-state index in [0.717, 1.165) is 11.1 Å². The van der Waals surface area contributed by atoms with Crippen molar-refractivity contribution < 1.29 is 22.7 Å². The summed E-state index contributed by atoms with van der Waals surface area (Å²) in [6, 6.07) is 16.9. The van der Waals surface area contributed by atoms with Gasteiger partial charge in [0.15, 0.2) is 0 Å². The summed E-state index contributed by atoms with van der Waals surface area (Å²) in [7, 11) is 0. The van der Waals surface area contributed by atoms with Crippen LogP contribution in [0.2, 0.25) is 0 Å². The van der Waals surface area contributed by atoms with Crippen LogP contribution in [-0.2, 0) is 13.2 Å². The van der Waals surface area contributed by atoms with Gasteiger partial charge in [-0.05, 0) is 35.9 Å². The summed E-state index contributed by atoms with van der Waals surface area (Å²) in [6.07, 6.45) is -0.855. The minimum atomic E-state index is -4.28. The summed E-state index contributed by atoms with van der Waals surface area (Å²) in [4.78, 5) is 16.6. The van der Waals surface area contributed by atoms with Crippen molar-refractivity contribution in [1.29, 1.82) is 0 Å². The molecule has 0 atom stereocenters. The second-order valence-electron chi connectivity index (χ2n) is 6.50. The molecular formula is C22H20F3N3O2S. The zero-order valence-corrected chi connectivity index (χ0v) is 17.2. The van der Waals surface area contributed by atoms with Crippen molar-refractivity contribution in [3.05, 3.63) is 84.2 Å². The summed E-state index contributed by atoms with van der Waals surface area (Å²) in [5.74, 6) is -0.338. The summed E-state index contributed by atoms with van der Waals surface area (Å²) < 4.78 is 43.1. The second kappa shape index (κ2) is 10.7. The smallest absolute Gasteiger partial charge is 0.398 e. The van der Waals surface area contributed by atoms with Gasteiger partial charge < -0.3 is 15.4 Å². The van der Waals surface area contributed by atoms with Gasteiger partial charge in [0.1, 0.15) is 12.4 Å². The van der Waals surface area contributed by atoms with E-state index in [1.807, 2.05) is 24.3 Å². The number of amides is 2. The Labute approximate surface area is 182 Å².